The highest BCUT2D eigenvalue weighted by molar-refractivity contribution is 14.1. The van der Waals surface area contributed by atoms with Crippen molar-refractivity contribution < 1.29 is 0 Å². The number of rotatable bonds is 3. The van der Waals surface area contributed by atoms with Crippen molar-refractivity contribution in [2.45, 2.75) is 12.5 Å². The van der Waals surface area contributed by atoms with Crippen molar-refractivity contribution in [3.05, 3.63) is 66.1 Å². The van der Waals surface area contributed by atoms with Gasteiger partial charge in [-0.1, -0.05) is 44.0 Å². The van der Waals surface area contributed by atoms with Gasteiger partial charge in [0.25, 0.3) is 0 Å². The highest BCUT2D eigenvalue weighted by atomic mass is 127. The largest absolute Gasteiger partial charge is 0.324 e. The Bertz CT molecular complexity index is 520. The Morgan fingerprint density at radius 1 is 1.00 bits per heavy atom. The lowest BCUT2D eigenvalue weighted by Crippen LogP contribution is -2.13. The van der Waals surface area contributed by atoms with Gasteiger partial charge in [-0.2, -0.15) is 0 Å². The van der Waals surface area contributed by atoms with Crippen LogP contribution in [0.25, 0.3) is 0 Å². The zero-order chi connectivity index (χ0) is 13.1. The molecule has 0 saturated carbocycles. The van der Waals surface area contributed by atoms with Gasteiger partial charge in [0.05, 0.1) is 0 Å². The maximum atomic E-state index is 6.26. The van der Waals surface area contributed by atoms with Gasteiger partial charge < -0.3 is 5.73 Å². The average molecular weight is 481 g/mol. The monoisotopic (exact) mass is 479 g/mol. The van der Waals surface area contributed by atoms with Crippen LogP contribution in [0.15, 0.2) is 51.4 Å². The van der Waals surface area contributed by atoms with Gasteiger partial charge in [-0.3, -0.25) is 0 Å². The summed E-state index contributed by atoms with van der Waals surface area (Å²) in [5, 5.41) is 0. The summed E-state index contributed by atoms with van der Waals surface area (Å²) < 4.78 is 3.34. The van der Waals surface area contributed by atoms with Crippen LogP contribution in [0, 0.1) is 3.57 Å². The Morgan fingerprint density at radius 2 is 1.56 bits per heavy atom. The predicted molar refractivity (Wildman–Crippen MR) is 91.6 cm³/mol. The average Bonchev–Trinajstić information content (AvgIpc) is 2.31. The Balaban J connectivity index is 2.16. The van der Waals surface area contributed by atoms with Crippen LogP contribution in [0.1, 0.15) is 17.2 Å². The molecule has 2 rings (SSSR count). The molecule has 0 aliphatic carbocycles. The van der Waals surface area contributed by atoms with Crippen LogP contribution in [-0.4, -0.2) is 0 Å². The minimum atomic E-state index is 0.0128. The van der Waals surface area contributed by atoms with Gasteiger partial charge >= 0.3 is 0 Å². The molecular weight excluding hydrogens is 469 g/mol. The van der Waals surface area contributed by atoms with E-state index in [0.717, 1.165) is 20.9 Å². The molecule has 0 aliphatic rings. The highest BCUT2D eigenvalue weighted by Crippen LogP contribution is 2.25. The standard InChI is InChI=1S/C14H12Br2IN/c15-11-6-10(7-12(16)8-11)14(18)5-9-1-3-13(17)4-2-9/h1-4,6-8,14H,5,18H2. The second kappa shape index (κ2) is 6.50. The summed E-state index contributed by atoms with van der Waals surface area (Å²) in [5.41, 5.74) is 8.66. The first kappa shape index (κ1) is 14.5. The predicted octanol–water partition coefficient (Wildman–Crippen LogP) is 5.06. The molecule has 2 N–H and O–H groups in total. The van der Waals surface area contributed by atoms with E-state index < -0.39 is 0 Å². The van der Waals surface area contributed by atoms with Gasteiger partial charge in [0, 0.05) is 18.6 Å². The molecule has 0 radical (unpaired) electrons. The molecule has 0 fully saturated rings. The SMILES string of the molecule is NC(Cc1ccc(I)cc1)c1cc(Br)cc(Br)c1. The summed E-state index contributed by atoms with van der Waals surface area (Å²) in [4.78, 5) is 0. The van der Waals surface area contributed by atoms with Gasteiger partial charge in [0.15, 0.2) is 0 Å². The molecule has 2 aromatic carbocycles. The van der Waals surface area contributed by atoms with E-state index in [1.165, 1.54) is 9.13 Å². The molecule has 94 valence electrons. The van der Waals surface area contributed by atoms with Gasteiger partial charge in [0.1, 0.15) is 0 Å². The second-order valence-corrected chi connectivity index (χ2v) is 7.22. The Hall–Kier alpha value is 0.0900. The molecule has 1 unspecified atom stereocenters. The maximum absolute atomic E-state index is 6.26. The highest BCUT2D eigenvalue weighted by Gasteiger charge is 2.08. The van der Waals surface area contributed by atoms with E-state index in [0.29, 0.717) is 0 Å². The van der Waals surface area contributed by atoms with E-state index in [4.69, 9.17) is 5.73 Å². The molecule has 1 atom stereocenters. The number of hydrogen-bond donors (Lipinski definition) is 1. The first-order valence-electron chi connectivity index (χ1n) is 5.50. The molecule has 2 aromatic rings. The van der Waals surface area contributed by atoms with E-state index in [2.05, 4.69) is 90.8 Å². The first-order valence-corrected chi connectivity index (χ1v) is 8.17. The molecule has 0 saturated heterocycles. The van der Waals surface area contributed by atoms with Gasteiger partial charge in [-0.05, 0) is 70.5 Å². The second-order valence-electron chi connectivity index (χ2n) is 4.14. The smallest absolute Gasteiger partial charge is 0.0336 e. The molecule has 1 nitrogen and oxygen atoms in total. The molecule has 4 heteroatoms. The van der Waals surface area contributed by atoms with E-state index in [1.807, 2.05) is 6.07 Å². The fourth-order valence-electron chi connectivity index (χ4n) is 1.78. The van der Waals surface area contributed by atoms with Crippen molar-refractivity contribution in [1.29, 1.82) is 0 Å². The van der Waals surface area contributed by atoms with Crippen LogP contribution in [0.4, 0.5) is 0 Å². The third-order valence-electron chi connectivity index (χ3n) is 2.68. The molecule has 0 bridgehead atoms. The third-order valence-corrected chi connectivity index (χ3v) is 4.32. The zero-order valence-corrected chi connectivity index (χ0v) is 14.9. The van der Waals surface area contributed by atoms with Crippen molar-refractivity contribution >= 4 is 54.5 Å². The summed E-state index contributed by atoms with van der Waals surface area (Å²) >= 11 is 9.29. The van der Waals surface area contributed by atoms with E-state index in [9.17, 15) is 0 Å². The molecule has 0 aromatic heterocycles. The minimum absolute atomic E-state index is 0.0128. The molecule has 0 spiro atoms. The molecular formula is C14H12Br2IN. The van der Waals surface area contributed by atoms with Gasteiger partial charge in [-0.15, -0.1) is 0 Å². The van der Waals surface area contributed by atoms with E-state index >= 15 is 0 Å². The summed E-state index contributed by atoms with van der Waals surface area (Å²) in [5.74, 6) is 0. The molecule has 18 heavy (non-hydrogen) atoms. The fraction of sp³-hybridized carbons (Fsp3) is 0.143. The number of halogens is 3. The van der Waals surface area contributed by atoms with Crippen LogP contribution in [0.3, 0.4) is 0 Å². The molecule has 0 heterocycles. The normalized spacial score (nSPS) is 12.4. The topological polar surface area (TPSA) is 26.0 Å². The lowest BCUT2D eigenvalue weighted by atomic mass is 10.00. The number of nitrogens with two attached hydrogens (primary N) is 1. The summed E-state index contributed by atoms with van der Waals surface area (Å²) in [6, 6.07) is 14.7. The van der Waals surface area contributed by atoms with Crippen molar-refractivity contribution in [3.8, 4) is 0 Å². The van der Waals surface area contributed by atoms with E-state index in [-0.39, 0.29) is 6.04 Å². The van der Waals surface area contributed by atoms with Gasteiger partial charge in [-0.25, -0.2) is 0 Å². The van der Waals surface area contributed by atoms with E-state index in [1.54, 1.807) is 0 Å². The van der Waals surface area contributed by atoms with Crippen molar-refractivity contribution in [2.24, 2.45) is 5.73 Å². The lowest BCUT2D eigenvalue weighted by Gasteiger charge is -2.13. The first-order chi connectivity index (χ1) is 8.54. The number of hydrogen-bond acceptors (Lipinski definition) is 1. The summed E-state index contributed by atoms with van der Waals surface area (Å²) in [7, 11) is 0. The summed E-state index contributed by atoms with van der Waals surface area (Å²) in [6.07, 6.45) is 0.847. The third kappa shape index (κ3) is 4.05. The van der Waals surface area contributed by atoms with Crippen LogP contribution < -0.4 is 5.73 Å². The maximum Gasteiger partial charge on any atom is 0.0336 e. The fourth-order valence-corrected chi connectivity index (χ4v) is 3.47. The van der Waals surface area contributed by atoms with Crippen molar-refractivity contribution in [3.63, 3.8) is 0 Å². The Kier molecular flexibility index (Phi) is 5.24. The summed E-state index contributed by atoms with van der Waals surface area (Å²) in [6.45, 7) is 0. The van der Waals surface area contributed by atoms with Crippen LogP contribution >= 0.6 is 54.5 Å². The molecule has 0 amide bonds. The van der Waals surface area contributed by atoms with Gasteiger partial charge in [0.2, 0.25) is 0 Å². The Morgan fingerprint density at radius 3 is 2.11 bits per heavy atom. The zero-order valence-electron chi connectivity index (χ0n) is 9.54. The van der Waals surface area contributed by atoms with Crippen molar-refractivity contribution in [1.82, 2.24) is 0 Å². The van der Waals surface area contributed by atoms with Crippen LogP contribution in [0.5, 0.6) is 0 Å². The van der Waals surface area contributed by atoms with Crippen LogP contribution in [0.2, 0.25) is 0 Å². The van der Waals surface area contributed by atoms with Crippen LogP contribution in [-0.2, 0) is 6.42 Å². The lowest BCUT2D eigenvalue weighted by molar-refractivity contribution is 0.721. The quantitative estimate of drug-likeness (QED) is 0.611. The van der Waals surface area contributed by atoms with Crippen molar-refractivity contribution in [2.75, 3.05) is 0 Å². The Labute approximate surface area is 138 Å². The molecule has 0 aliphatic heterocycles. The number of benzene rings is 2. The minimum Gasteiger partial charge on any atom is -0.324 e.